The van der Waals surface area contributed by atoms with Crippen molar-refractivity contribution in [3.8, 4) is 0 Å². The quantitative estimate of drug-likeness (QED) is 0.521. The van der Waals surface area contributed by atoms with Gasteiger partial charge in [-0.15, -0.1) is 0 Å². The average molecular weight is 346 g/mol. The zero-order valence-corrected chi connectivity index (χ0v) is 12.7. The summed E-state index contributed by atoms with van der Waals surface area (Å²) < 4.78 is 39.7. The van der Waals surface area contributed by atoms with E-state index in [1.807, 2.05) is 0 Å². The summed E-state index contributed by atoms with van der Waals surface area (Å²) in [4.78, 5) is 13.3. The van der Waals surface area contributed by atoms with E-state index in [0.29, 0.717) is 5.56 Å². The number of pyridine rings is 1. The predicted molar refractivity (Wildman–Crippen MR) is 77.8 cm³/mol. The van der Waals surface area contributed by atoms with Crippen LogP contribution >= 0.6 is 11.6 Å². The molecule has 2 aromatic rings. The number of nitro groups is 1. The fourth-order valence-corrected chi connectivity index (χ4v) is 2.79. The first kappa shape index (κ1) is 16.1. The Morgan fingerprint density at radius 2 is 2.05 bits per heavy atom. The van der Waals surface area contributed by atoms with Gasteiger partial charge in [0.15, 0.2) is 0 Å². The molecule has 0 aliphatic rings. The Hall–Kier alpha value is -2.26. The minimum Gasteiger partial charge on any atom is -0.279 e. The molecule has 0 unspecified atom stereocenters. The molecular formula is C12H9ClFN3O4S. The maximum Gasteiger partial charge on any atom is 0.306 e. The van der Waals surface area contributed by atoms with Gasteiger partial charge < -0.3 is 0 Å². The molecule has 1 aromatic carbocycles. The molecule has 0 aliphatic carbocycles. The number of halogens is 2. The molecule has 0 amide bonds. The van der Waals surface area contributed by atoms with Crippen LogP contribution in [0, 0.1) is 22.9 Å². The zero-order valence-electron chi connectivity index (χ0n) is 11.1. The van der Waals surface area contributed by atoms with Crippen LogP contribution in [0.25, 0.3) is 0 Å². The van der Waals surface area contributed by atoms with E-state index < -0.39 is 26.5 Å². The maximum atomic E-state index is 13.2. The van der Waals surface area contributed by atoms with Gasteiger partial charge in [-0.2, -0.15) is 4.39 Å². The van der Waals surface area contributed by atoms with Gasteiger partial charge >= 0.3 is 5.69 Å². The van der Waals surface area contributed by atoms with Gasteiger partial charge in [0, 0.05) is 12.3 Å². The Balaban J connectivity index is 2.38. The van der Waals surface area contributed by atoms with E-state index in [0.717, 1.165) is 24.4 Å². The van der Waals surface area contributed by atoms with Crippen molar-refractivity contribution in [2.75, 3.05) is 4.72 Å². The largest absolute Gasteiger partial charge is 0.306 e. The standard InChI is InChI=1S/C12H9ClFN3O4S/c1-7-4-9(6-15-12(7)13)22(20,21)16-8-2-3-10(14)11(5-8)17(18)19/h2-6,16H,1H3. The Labute approximate surface area is 130 Å². The molecule has 10 heteroatoms. The van der Waals surface area contributed by atoms with Crippen molar-refractivity contribution >= 4 is 33.0 Å². The molecule has 1 N–H and O–H groups in total. The van der Waals surface area contributed by atoms with Gasteiger partial charge in [-0.1, -0.05) is 11.6 Å². The monoisotopic (exact) mass is 345 g/mol. The summed E-state index contributed by atoms with van der Waals surface area (Å²) in [6.07, 6.45) is 1.05. The Morgan fingerprint density at radius 1 is 1.36 bits per heavy atom. The first-order valence-corrected chi connectivity index (χ1v) is 7.66. The third-order valence-corrected chi connectivity index (χ3v) is 4.44. The Morgan fingerprint density at radius 3 is 2.64 bits per heavy atom. The summed E-state index contributed by atoms with van der Waals surface area (Å²) in [6, 6.07) is 3.98. The molecule has 0 saturated carbocycles. The number of hydrogen-bond donors (Lipinski definition) is 1. The minimum absolute atomic E-state index is 0.138. The highest BCUT2D eigenvalue weighted by molar-refractivity contribution is 7.92. The molecule has 0 fully saturated rings. The molecule has 22 heavy (non-hydrogen) atoms. The van der Waals surface area contributed by atoms with E-state index >= 15 is 0 Å². The van der Waals surface area contributed by atoms with Gasteiger partial charge in [-0.3, -0.25) is 14.8 Å². The first-order chi connectivity index (χ1) is 10.2. The van der Waals surface area contributed by atoms with Crippen LogP contribution in [0.1, 0.15) is 5.56 Å². The fraction of sp³-hybridized carbons (Fsp3) is 0.0833. The highest BCUT2D eigenvalue weighted by Gasteiger charge is 2.19. The van der Waals surface area contributed by atoms with Crippen molar-refractivity contribution in [2.24, 2.45) is 0 Å². The lowest BCUT2D eigenvalue weighted by molar-refractivity contribution is -0.387. The Kier molecular flexibility index (Phi) is 4.29. The van der Waals surface area contributed by atoms with Crippen LogP contribution < -0.4 is 4.72 Å². The molecule has 1 heterocycles. The van der Waals surface area contributed by atoms with Gasteiger partial charge in [0.25, 0.3) is 10.0 Å². The molecule has 0 saturated heterocycles. The number of aryl methyl sites for hydroxylation is 1. The lowest BCUT2D eigenvalue weighted by Crippen LogP contribution is -2.14. The van der Waals surface area contributed by atoms with E-state index in [-0.39, 0.29) is 15.7 Å². The SMILES string of the molecule is Cc1cc(S(=O)(=O)Nc2ccc(F)c([N+](=O)[O-])c2)cnc1Cl. The fourth-order valence-electron chi connectivity index (χ4n) is 1.61. The van der Waals surface area contributed by atoms with Crippen molar-refractivity contribution in [1.82, 2.24) is 4.98 Å². The van der Waals surface area contributed by atoms with Crippen LogP contribution in [0.15, 0.2) is 35.4 Å². The summed E-state index contributed by atoms with van der Waals surface area (Å²) >= 11 is 5.72. The van der Waals surface area contributed by atoms with Gasteiger partial charge in [0.2, 0.25) is 5.82 Å². The highest BCUT2D eigenvalue weighted by atomic mass is 35.5. The summed E-state index contributed by atoms with van der Waals surface area (Å²) in [6.45, 7) is 1.58. The second kappa shape index (κ2) is 5.85. The molecule has 2 rings (SSSR count). The number of anilines is 1. The van der Waals surface area contributed by atoms with Crippen LogP contribution in [0.5, 0.6) is 0 Å². The van der Waals surface area contributed by atoms with Crippen molar-refractivity contribution < 1.29 is 17.7 Å². The highest BCUT2D eigenvalue weighted by Crippen LogP contribution is 2.24. The molecule has 1 aromatic heterocycles. The van der Waals surface area contributed by atoms with Crippen LogP contribution in [-0.4, -0.2) is 18.3 Å². The molecular weight excluding hydrogens is 337 g/mol. The van der Waals surface area contributed by atoms with Crippen LogP contribution in [0.3, 0.4) is 0 Å². The van der Waals surface area contributed by atoms with Crippen molar-refractivity contribution in [3.05, 3.63) is 57.1 Å². The smallest absolute Gasteiger partial charge is 0.279 e. The molecule has 116 valence electrons. The van der Waals surface area contributed by atoms with Crippen LogP contribution in [0.2, 0.25) is 5.15 Å². The lowest BCUT2D eigenvalue weighted by Gasteiger charge is -2.09. The lowest BCUT2D eigenvalue weighted by atomic mass is 10.3. The third-order valence-electron chi connectivity index (χ3n) is 2.69. The minimum atomic E-state index is -4.02. The number of nitrogens with zero attached hydrogens (tertiary/aromatic N) is 2. The summed E-state index contributed by atoms with van der Waals surface area (Å²) in [7, 11) is -4.02. The van der Waals surface area contributed by atoms with Gasteiger partial charge in [0.05, 0.1) is 10.6 Å². The van der Waals surface area contributed by atoms with Gasteiger partial charge in [-0.05, 0) is 30.7 Å². The van der Waals surface area contributed by atoms with E-state index in [1.165, 1.54) is 6.07 Å². The number of hydrogen-bond acceptors (Lipinski definition) is 5. The number of sulfonamides is 1. The predicted octanol–water partition coefficient (Wildman–Crippen LogP) is 2.89. The number of aromatic nitrogens is 1. The van der Waals surface area contributed by atoms with E-state index in [2.05, 4.69) is 9.71 Å². The molecule has 0 radical (unpaired) electrons. The summed E-state index contributed by atoms with van der Waals surface area (Å²) in [5.74, 6) is -1.06. The normalized spacial score (nSPS) is 11.2. The number of nitro benzene ring substituents is 1. The first-order valence-electron chi connectivity index (χ1n) is 5.79. The topological polar surface area (TPSA) is 102 Å². The van der Waals surface area contributed by atoms with Crippen molar-refractivity contribution in [1.29, 1.82) is 0 Å². The molecule has 0 spiro atoms. The van der Waals surface area contributed by atoms with E-state index in [9.17, 15) is 22.9 Å². The Bertz CT molecular complexity index is 857. The van der Waals surface area contributed by atoms with Crippen LogP contribution in [-0.2, 0) is 10.0 Å². The average Bonchev–Trinajstić information content (AvgIpc) is 2.43. The maximum absolute atomic E-state index is 13.2. The van der Waals surface area contributed by atoms with E-state index in [1.54, 1.807) is 6.92 Å². The number of benzene rings is 1. The second-order valence-corrected chi connectivity index (χ2v) is 6.35. The number of rotatable bonds is 4. The van der Waals surface area contributed by atoms with Gasteiger partial charge in [0.1, 0.15) is 10.0 Å². The summed E-state index contributed by atoms with van der Waals surface area (Å²) in [5, 5.41) is 10.8. The summed E-state index contributed by atoms with van der Waals surface area (Å²) in [5.41, 5.74) is -0.513. The van der Waals surface area contributed by atoms with Crippen molar-refractivity contribution in [3.63, 3.8) is 0 Å². The molecule has 7 nitrogen and oxygen atoms in total. The molecule has 0 atom stereocenters. The van der Waals surface area contributed by atoms with Gasteiger partial charge in [-0.25, -0.2) is 13.4 Å². The van der Waals surface area contributed by atoms with Crippen molar-refractivity contribution in [2.45, 2.75) is 11.8 Å². The van der Waals surface area contributed by atoms with E-state index in [4.69, 9.17) is 11.6 Å². The molecule has 0 aliphatic heterocycles. The third kappa shape index (κ3) is 3.31. The number of nitrogens with one attached hydrogen (secondary N) is 1. The second-order valence-electron chi connectivity index (χ2n) is 4.31. The van der Waals surface area contributed by atoms with Crippen LogP contribution in [0.4, 0.5) is 15.8 Å². The zero-order chi connectivity index (χ0) is 16.5. The molecule has 0 bridgehead atoms.